The normalized spacial score (nSPS) is 20.2. The third-order valence-corrected chi connectivity index (χ3v) is 5.28. The van der Waals surface area contributed by atoms with Crippen LogP contribution in [0.5, 0.6) is 0 Å². The Morgan fingerprint density at radius 3 is 2.69 bits per heavy atom. The summed E-state index contributed by atoms with van der Waals surface area (Å²) in [5.41, 5.74) is 1.02. The van der Waals surface area contributed by atoms with Gasteiger partial charge in [-0.2, -0.15) is 0 Å². The predicted octanol–water partition coefficient (Wildman–Crippen LogP) is 4.62. The van der Waals surface area contributed by atoms with Crippen LogP contribution in [0.15, 0.2) is 41.1 Å². The van der Waals surface area contributed by atoms with Crippen LogP contribution in [-0.2, 0) is 4.79 Å². The van der Waals surface area contributed by atoms with Gasteiger partial charge in [0.1, 0.15) is 12.1 Å². The first kappa shape index (κ1) is 16.8. The summed E-state index contributed by atoms with van der Waals surface area (Å²) in [5.74, 6) is 3.22. The van der Waals surface area contributed by atoms with E-state index in [4.69, 9.17) is 4.42 Å². The van der Waals surface area contributed by atoms with Gasteiger partial charge in [-0.05, 0) is 49.1 Å². The molecular formula is C21H23N3O2. The van der Waals surface area contributed by atoms with Crippen LogP contribution in [0.2, 0.25) is 0 Å². The van der Waals surface area contributed by atoms with E-state index in [9.17, 15) is 4.79 Å². The summed E-state index contributed by atoms with van der Waals surface area (Å²) in [6.45, 7) is 2.75. The summed E-state index contributed by atoms with van der Waals surface area (Å²) in [6.07, 6.45) is 9.02. The lowest BCUT2D eigenvalue weighted by Crippen LogP contribution is -2.22. The fourth-order valence-corrected chi connectivity index (χ4v) is 3.66. The fourth-order valence-electron chi connectivity index (χ4n) is 3.66. The fraction of sp³-hybridized carbons (Fsp3) is 0.381. The van der Waals surface area contributed by atoms with Crippen molar-refractivity contribution in [2.45, 2.75) is 32.6 Å². The van der Waals surface area contributed by atoms with Gasteiger partial charge in [0.05, 0.1) is 6.20 Å². The highest BCUT2D eigenvalue weighted by Gasteiger charge is 2.20. The second-order valence-electron chi connectivity index (χ2n) is 7.17. The highest BCUT2D eigenvalue weighted by Crippen LogP contribution is 2.29. The van der Waals surface area contributed by atoms with Gasteiger partial charge in [-0.1, -0.05) is 12.1 Å². The molecule has 1 saturated carbocycles. The van der Waals surface area contributed by atoms with Crippen molar-refractivity contribution in [1.29, 1.82) is 0 Å². The van der Waals surface area contributed by atoms with E-state index in [1.165, 1.54) is 0 Å². The monoisotopic (exact) mass is 349 g/mol. The summed E-state index contributed by atoms with van der Waals surface area (Å²) in [7, 11) is 0. The smallest absolute Gasteiger partial charge is 0.191 e. The summed E-state index contributed by atoms with van der Waals surface area (Å²) >= 11 is 0. The third-order valence-electron chi connectivity index (χ3n) is 5.28. The second-order valence-corrected chi connectivity index (χ2v) is 7.17. The van der Waals surface area contributed by atoms with Crippen LogP contribution in [0.25, 0.3) is 22.1 Å². The maximum Gasteiger partial charge on any atom is 0.191 e. The van der Waals surface area contributed by atoms with Crippen molar-refractivity contribution in [2.24, 2.45) is 11.8 Å². The SMILES string of the molecule is Cc1ncc(-c2ccc3cnc(NCC4CCC(C=O)CC4)cc3c2)o1. The minimum Gasteiger partial charge on any atom is -0.441 e. The van der Waals surface area contributed by atoms with Gasteiger partial charge in [-0.3, -0.25) is 0 Å². The summed E-state index contributed by atoms with van der Waals surface area (Å²) in [5, 5.41) is 5.69. The molecule has 0 amide bonds. The van der Waals surface area contributed by atoms with Crippen LogP contribution in [0, 0.1) is 18.8 Å². The molecule has 1 aliphatic rings. The second kappa shape index (κ2) is 7.28. The van der Waals surface area contributed by atoms with Gasteiger partial charge < -0.3 is 14.5 Å². The molecule has 1 aromatic carbocycles. The molecule has 5 heteroatoms. The van der Waals surface area contributed by atoms with Crippen molar-refractivity contribution >= 4 is 22.9 Å². The van der Waals surface area contributed by atoms with Gasteiger partial charge in [0.25, 0.3) is 0 Å². The summed E-state index contributed by atoms with van der Waals surface area (Å²) in [4.78, 5) is 19.6. The molecule has 26 heavy (non-hydrogen) atoms. The lowest BCUT2D eigenvalue weighted by Gasteiger charge is -2.25. The average molecular weight is 349 g/mol. The van der Waals surface area contributed by atoms with Crippen molar-refractivity contribution < 1.29 is 9.21 Å². The number of oxazole rings is 1. The van der Waals surface area contributed by atoms with Gasteiger partial charge in [-0.25, -0.2) is 9.97 Å². The molecule has 1 fully saturated rings. The average Bonchev–Trinajstić information content (AvgIpc) is 3.12. The molecule has 0 atom stereocenters. The Hall–Kier alpha value is -2.69. The molecule has 5 nitrogen and oxygen atoms in total. The topological polar surface area (TPSA) is 68.0 Å². The van der Waals surface area contributed by atoms with E-state index in [2.05, 4.69) is 33.5 Å². The first-order valence-electron chi connectivity index (χ1n) is 9.23. The summed E-state index contributed by atoms with van der Waals surface area (Å²) in [6, 6.07) is 8.28. The number of carbonyl (C=O) groups excluding carboxylic acids is 1. The van der Waals surface area contributed by atoms with E-state index in [0.29, 0.717) is 11.8 Å². The molecular weight excluding hydrogens is 326 g/mol. The molecule has 0 bridgehead atoms. The van der Waals surface area contributed by atoms with Crippen LogP contribution < -0.4 is 5.32 Å². The zero-order valence-electron chi connectivity index (χ0n) is 14.9. The molecule has 0 saturated heterocycles. The highest BCUT2D eigenvalue weighted by molar-refractivity contribution is 5.87. The number of aldehydes is 1. The number of pyridine rings is 1. The zero-order valence-corrected chi connectivity index (χ0v) is 14.9. The van der Waals surface area contributed by atoms with E-state index in [1.54, 1.807) is 6.20 Å². The number of fused-ring (bicyclic) bond motifs is 1. The Bertz CT molecular complexity index is 911. The van der Waals surface area contributed by atoms with Gasteiger partial charge in [0.15, 0.2) is 11.7 Å². The number of hydrogen-bond acceptors (Lipinski definition) is 5. The van der Waals surface area contributed by atoms with Gasteiger partial charge in [0, 0.05) is 36.5 Å². The molecule has 0 unspecified atom stereocenters. The molecule has 1 N–H and O–H groups in total. The number of nitrogens with zero attached hydrogens (tertiary/aromatic N) is 2. The molecule has 0 radical (unpaired) electrons. The Morgan fingerprint density at radius 2 is 1.96 bits per heavy atom. The van der Waals surface area contributed by atoms with Crippen LogP contribution in [0.3, 0.4) is 0 Å². The maximum absolute atomic E-state index is 10.9. The maximum atomic E-state index is 10.9. The minimum atomic E-state index is 0.267. The number of nitrogens with one attached hydrogen (secondary N) is 1. The highest BCUT2D eigenvalue weighted by atomic mass is 16.4. The van der Waals surface area contributed by atoms with Gasteiger partial charge in [0.2, 0.25) is 0 Å². The van der Waals surface area contributed by atoms with Crippen LogP contribution in [0.4, 0.5) is 5.82 Å². The predicted molar refractivity (Wildman–Crippen MR) is 102 cm³/mol. The van der Waals surface area contributed by atoms with E-state index < -0.39 is 0 Å². The van der Waals surface area contributed by atoms with Crippen LogP contribution >= 0.6 is 0 Å². The number of rotatable bonds is 5. The Labute approximate surface area is 152 Å². The number of aromatic nitrogens is 2. The lowest BCUT2D eigenvalue weighted by atomic mass is 9.83. The number of hydrogen-bond donors (Lipinski definition) is 1. The standard InChI is InChI=1S/C21H23N3O2/c1-14-22-12-20(26-14)17-6-7-18-11-24-21(9-19(18)8-17)23-10-15-2-4-16(13-25)5-3-15/h6-9,11-13,15-16H,2-5,10H2,1H3,(H,23,24). The minimum absolute atomic E-state index is 0.267. The third kappa shape index (κ3) is 3.62. The van der Waals surface area contributed by atoms with Gasteiger partial charge in [-0.15, -0.1) is 0 Å². The number of carbonyl (C=O) groups is 1. The quantitative estimate of drug-likeness (QED) is 0.681. The molecule has 134 valence electrons. The van der Waals surface area contributed by atoms with Crippen molar-refractivity contribution in [2.75, 3.05) is 11.9 Å². The summed E-state index contributed by atoms with van der Waals surface area (Å²) < 4.78 is 5.63. The van der Waals surface area contributed by atoms with E-state index >= 15 is 0 Å². The molecule has 0 aliphatic heterocycles. The first-order valence-corrected chi connectivity index (χ1v) is 9.23. The lowest BCUT2D eigenvalue weighted by molar-refractivity contribution is -0.112. The van der Waals surface area contributed by atoms with Gasteiger partial charge >= 0.3 is 0 Å². The largest absolute Gasteiger partial charge is 0.441 e. The Morgan fingerprint density at radius 1 is 1.12 bits per heavy atom. The van der Waals surface area contributed by atoms with E-state index in [1.807, 2.05) is 19.2 Å². The van der Waals surface area contributed by atoms with Crippen molar-refractivity contribution in [3.8, 4) is 11.3 Å². The number of benzene rings is 1. The molecule has 1 aliphatic carbocycles. The van der Waals surface area contributed by atoms with E-state index in [0.717, 1.165) is 66.4 Å². The Kier molecular flexibility index (Phi) is 4.69. The van der Waals surface area contributed by atoms with Crippen LogP contribution in [-0.4, -0.2) is 22.8 Å². The molecule has 2 heterocycles. The molecule has 3 aromatic rings. The molecule has 4 rings (SSSR count). The van der Waals surface area contributed by atoms with E-state index in [-0.39, 0.29) is 5.92 Å². The van der Waals surface area contributed by atoms with Crippen molar-refractivity contribution in [1.82, 2.24) is 9.97 Å². The molecule has 2 aromatic heterocycles. The first-order chi connectivity index (χ1) is 12.7. The number of aryl methyl sites for hydroxylation is 1. The zero-order chi connectivity index (χ0) is 17.9. The number of anilines is 1. The Balaban J connectivity index is 1.47. The van der Waals surface area contributed by atoms with Crippen molar-refractivity contribution in [3.05, 3.63) is 42.5 Å². The van der Waals surface area contributed by atoms with Crippen molar-refractivity contribution in [3.63, 3.8) is 0 Å². The molecule has 0 spiro atoms. The van der Waals surface area contributed by atoms with Crippen LogP contribution in [0.1, 0.15) is 31.6 Å².